The van der Waals surface area contributed by atoms with Gasteiger partial charge in [-0.25, -0.2) is 4.79 Å². The normalized spacial score (nSPS) is 16.8. The summed E-state index contributed by atoms with van der Waals surface area (Å²) in [6, 6.07) is 19.7. The van der Waals surface area contributed by atoms with Crippen LogP contribution < -0.4 is 10.5 Å². The van der Waals surface area contributed by atoms with Crippen molar-refractivity contribution in [3.63, 3.8) is 0 Å². The maximum absolute atomic E-state index is 14.0. The number of hydrogen-bond acceptors (Lipinski definition) is 7. The van der Waals surface area contributed by atoms with Crippen LogP contribution in [-0.2, 0) is 4.74 Å². The van der Waals surface area contributed by atoms with Gasteiger partial charge in [0.05, 0.1) is 33.5 Å². The number of nitrogen functional groups attached to an aromatic ring is 1. The van der Waals surface area contributed by atoms with E-state index in [0.717, 1.165) is 54.5 Å². The Labute approximate surface area is 314 Å². The Morgan fingerprint density at radius 1 is 0.804 bits per heavy atom. The third-order valence-corrected chi connectivity index (χ3v) is 11.5. The molecule has 51 heavy (non-hydrogen) atoms. The zero-order chi connectivity index (χ0) is 36.1. The van der Waals surface area contributed by atoms with Crippen LogP contribution in [0.1, 0.15) is 120 Å². The molecule has 1 saturated carbocycles. The molecule has 2 N–H and O–H groups in total. The van der Waals surface area contributed by atoms with E-state index in [9.17, 15) is 14.4 Å². The van der Waals surface area contributed by atoms with Gasteiger partial charge in [0.1, 0.15) is 6.10 Å². The summed E-state index contributed by atoms with van der Waals surface area (Å²) < 4.78 is 11.8. The quantitative estimate of drug-likeness (QED) is 0.0728. The number of carbonyl (C=O) groups excluding carboxylic acids is 3. The molecular weight excluding hydrogens is 701 g/mol. The van der Waals surface area contributed by atoms with E-state index in [1.54, 1.807) is 30.3 Å². The van der Waals surface area contributed by atoms with Crippen LogP contribution in [0.25, 0.3) is 11.1 Å². The molecule has 2 aliphatic rings. The summed E-state index contributed by atoms with van der Waals surface area (Å²) in [7, 11) is 0. The molecule has 0 atom stereocenters. The number of anilines is 1. The van der Waals surface area contributed by atoms with Gasteiger partial charge in [-0.05, 0) is 79.5 Å². The average Bonchev–Trinajstić information content (AvgIpc) is 3.13. The molecule has 4 aromatic carbocycles. The molecule has 0 amide bonds. The minimum absolute atomic E-state index is 0.0216. The summed E-state index contributed by atoms with van der Waals surface area (Å²) in [5, 5.41) is 0.868. The predicted molar refractivity (Wildman–Crippen MR) is 206 cm³/mol. The molecule has 0 spiro atoms. The number of halogens is 2. The van der Waals surface area contributed by atoms with Gasteiger partial charge in [-0.15, -0.1) is 0 Å². The monoisotopic (exact) mass is 743 g/mol. The lowest BCUT2D eigenvalue weighted by Gasteiger charge is -2.29. The van der Waals surface area contributed by atoms with Gasteiger partial charge in [0.25, 0.3) is 0 Å². The van der Waals surface area contributed by atoms with Crippen molar-refractivity contribution < 1.29 is 23.9 Å². The van der Waals surface area contributed by atoms with Crippen molar-refractivity contribution in [2.45, 2.75) is 94.0 Å². The van der Waals surface area contributed by atoms with Crippen LogP contribution in [-0.4, -0.2) is 30.2 Å². The van der Waals surface area contributed by atoms with E-state index in [0.29, 0.717) is 38.8 Å². The first-order chi connectivity index (χ1) is 24.7. The second kappa shape index (κ2) is 16.7. The van der Waals surface area contributed by atoms with Gasteiger partial charge < -0.3 is 15.2 Å². The van der Waals surface area contributed by atoms with E-state index < -0.39 is 5.97 Å². The number of ketones is 2. The molecule has 0 aliphatic heterocycles. The molecule has 4 aromatic rings. The molecule has 0 radical (unpaired) electrons. The Hall–Kier alpha value is -3.78. The fraction of sp³-hybridized carbons (Fsp3) is 0.357. The number of hydrogen-bond donors (Lipinski definition) is 1. The van der Waals surface area contributed by atoms with Crippen LogP contribution in [0.15, 0.2) is 76.5 Å². The Kier molecular flexibility index (Phi) is 12.1. The molecule has 0 unspecified atom stereocenters. The average molecular weight is 745 g/mol. The predicted octanol–water partition coefficient (Wildman–Crippen LogP) is 11.6. The number of carbonyl (C=O) groups is 3. The third-order valence-electron chi connectivity index (χ3n) is 9.86. The standard InChI is InChI=1S/C42H43Cl2NO5S/c1-3-5-7-10-25-13-17-28(18-14-25)50-42(48)32-24-35(36-37(38(32)45)40(47)31-12-9-8-11-30(31)39(36)46)51-29-19-15-26(16-20-29)27-22-33(43)41(34(44)23-27)49-21-6-4-2/h8-9,11-12,15-16,19-20,22-25,28H,3-7,10,13-14,17-18,21,45H2,1-2H3. The van der Waals surface area contributed by atoms with Gasteiger partial charge in [-0.1, -0.05) is 117 Å². The summed E-state index contributed by atoms with van der Waals surface area (Å²) in [4.78, 5) is 42.9. The minimum atomic E-state index is -0.572. The number of ether oxygens (including phenoxy) is 2. The van der Waals surface area contributed by atoms with E-state index in [1.807, 2.05) is 36.4 Å². The molecule has 0 aromatic heterocycles. The largest absolute Gasteiger partial charge is 0.490 e. The molecular formula is C42H43Cl2NO5S. The highest BCUT2D eigenvalue weighted by molar-refractivity contribution is 7.99. The maximum Gasteiger partial charge on any atom is 0.340 e. The smallest absolute Gasteiger partial charge is 0.340 e. The lowest BCUT2D eigenvalue weighted by Crippen LogP contribution is -2.27. The lowest BCUT2D eigenvalue weighted by molar-refractivity contribution is 0.0161. The van der Waals surface area contributed by atoms with E-state index in [1.165, 1.54) is 37.4 Å². The van der Waals surface area contributed by atoms with Crippen molar-refractivity contribution in [2.24, 2.45) is 5.92 Å². The van der Waals surface area contributed by atoms with Crippen LogP contribution in [0.3, 0.4) is 0 Å². The van der Waals surface area contributed by atoms with E-state index in [2.05, 4.69) is 13.8 Å². The van der Waals surface area contributed by atoms with Gasteiger partial charge >= 0.3 is 5.97 Å². The van der Waals surface area contributed by atoms with Crippen molar-refractivity contribution in [1.29, 1.82) is 0 Å². The van der Waals surface area contributed by atoms with Gasteiger partial charge in [0.15, 0.2) is 17.3 Å². The van der Waals surface area contributed by atoms with Crippen molar-refractivity contribution in [3.8, 4) is 16.9 Å². The van der Waals surface area contributed by atoms with Gasteiger partial charge in [-0.2, -0.15) is 0 Å². The minimum Gasteiger partial charge on any atom is -0.490 e. The summed E-state index contributed by atoms with van der Waals surface area (Å²) in [6.07, 6.45) is 10.2. The molecule has 0 saturated heterocycles. The van der Waals surface area contributed by atoms with Crippen LogP contribution in [0, 0.1) is 5.92 Å². The summed E-state index contributed by atoms with van der Waals surface area (Å²) in [5.74, 6) is -0.125. The number of fused-ring (bicyclic) bond motifs is 2. The Balaban J connectivity index is 1.28. The maximum atomic E-state index is 14.0. The van der Waals surface area contributed by atoms with Crippen molar-refractivity contribution in [3.05, 3.63) is 105 Å². The first kappa shape index (κ1) is 37.0. The Morgan fingerprint density at radius 3 is 2.06 bits per heavy atom. The Bertz CT molecular complexity index is 1910. The highest BCUT2D eigenvalue weighted by Gasteiger charge is 2.36. The second-order valence-corrected chi connectivity index (χ2v) is 15.4. The topological polar surface area (TPSA) is 95.7 Å². The van der Waals surface area contributed by atoms with Crippen LogP contribution in [0.5, 0.6) is 5.75 Å². The van der Waals surface area contributed by atoms with E-state index in [-0.39, 0.29) is 45.6 Å². The summed E-state index contributed by atoms with van der Waals surface area (Å²) in [5.41, 5.74) is 9.24. The van der Waals surface area contributed by atoms with Crippen LogP contribution in [0.2, 0.25) is 10.0 Å². The molecule has 0 heterocycles. The first-order valence-corrected chi connectivity index (χ1v) is 19.5. The van der Waals surface area contributed by atoms with Gasteiger partial charge in [0.2, 0.25) is 0 Å². The van der Waals surface area contributed by atoms with Crippen molar-refractivity contribution in [1.82, 2.24) is 0 Å². The molecule has 6 nitrogen and oxygen atoms in total. The number of benzene rings is 4. The molecule has 9 heteroatoms. The van der Waals surface area contributed by atoms with Crippen LogP contribution in [0.4, 0.5) is 5.69 Å². The fourth-order valence-corrected chi connectivity index (χ4v) is 8.59. The van der Waals surface area contributed by atoms with Gasteiger partial charge in [0, 0.05) is 26.5 Å². The fourth-order valence-electron chi connectivity index (χ4n) is 6.99. The number of nitrogens with two attached hydrogens (primary N) is 1. The van der Waals surface area contributed by atoms with E-state index in [4.69, 9.17) is 38.4 Å². The number of unbranched alkanes of at least 4 members (excludes halogenated alkanes) is 3. The number of rotatable bonds is 13. The second-order valence-electron chi connectivity index (χ2n) is 13.4. The molecule has 0 bridgehead atoms. The SMILES string of the molecule is CCCCCC1CCC(OC(=O)c2cc(Sc3ccc(-c4cc(Cl)c(OCCCC)c(Cl)c4)cc3)c3c(c2N)C(=O)c2ccccc2C3=O)CC1. The third kappa shape index (κ3) is 8.16. The van der Waals surface area contributed by atoms with E-state index >= 15 is 0 Å². The van der Waals surface area contributed by atoms with Crippen molar-refractivity contribution >= 4 is 58.2 Å². The van der Waals surface area contributed by atoms with Gasteiger partial charge in [-0.3, -0.25) is 9.59 Å². The molecule has 2 aliphatic carbocycles. The number of esters is 1. The summed E-state index contributed by atoms with van der Waals surface area (Å²) in [6.45, 7) is 4.84. The van der Waals surface area contributed by atoms with Crippen molar-refractivity contribution in [2.75, 3.05) is 12.3 Å². The van der Waals surface area contributed by atoms with Crippen LogP contribution >= 0.6 is 35.0 Å². The highest BCUT2D eigenvalue weighted by atomic mass is 35.5. The first-order valence-electron chi connectivity index (χ1n) is 18.0. The zero-order valence-electron chi connectivity index (χ0n) is 29.1. The Morgan fingerprint density at radius 2 is 1.43 bits per heavy atom. The molecule has 1 fully saturated rings. The lowest BCUT2D eigenvalue weighted by atomic mass is 9.82. The molecule has 6 rings (SSSR count). The highest BCUT2D eigenvalue weighted by Crippen LogP contribution is 2.43. The summed E-state index contributed by atoms with van der Waals surface area (Å²) >= 11 is 14.4. The molecule has 266 valence electrons. The zero-order valence-corrected chi connectivity index (χ0v) is 31.4.